The first kappa shape index (κ1) is 24.5. The van der Waals surface area contributed by atoms with Crippen LogP contribution in [-0.2, 0) is 9.53 Å². The van der Waals surface area contributed by atoms with E-state index in [4.69, 9.17) is 9.84 Å². The molecule has 0 aromatic carbocycles. The third-order valence-electron chi connectivity index (χ3n) is 5.46. The molecule has 4 atom stereocenters. The largest absolute Gasteiger partial charge is 0.394 e. The number of aliphatic hydroxyl groups excluding tert-OH is 3. The van der Waals surface area contributed by atoms with Gasteiger partial charge in [0.05, 0.1) is 13.0 Å². The lowest BCUT2D eigenvalue weighted by atomic mass is 9.97. The number of rotatable bonds is 16. The van der Waals surface area contributed by atoms with E-state index in [0.717, 1.165) is 19.3 Å². The molecule has 0 saturated carbocycles. The molecule has 160 valence electrons. The summed E-state index contributed by atoms with van der Waals surface area (Å²) in [7, 11) is 0. The molecule has 0 aromatic heterocycles. The molecule has 6 nitrogen and oxygen atoms in total. The fourth-order valence-electron chi connectivity index (χ4n) is 3.70. The van der Waals surface area contributed by atoms with Crippen molar-refractivity contribution in [2.75, 3.05) is 6.61 Å². The lowest BCUT2D eigenvalue weighted by Crippen LogP contribution is -2.44. The van der Waals surface area contributed by atoms with E-state index in [-0.39, 0.29) is 12.2 Å². The first-order valence-corrected chi connectivity index (χ1v) is 10.8. The summed E-state index contributed by atoms with van der Waals surface area (Å²) in [6, 6.07) is 0. The van der Waals surface area contributed by atoms with Crippen LogP contribution in [0.2, 0.25) is 0 Å². The number of hydrogen-bond acceptors (Lipinski definition) is 6. The van der Waals surface area contributed by atoms with Gasteiger partial charge in [0.2, 0.25) is 5.79 Å². The average Bonchev–Trinajstić information content (AvgIpc) is 2.86. The number of carbonyl (C=O) groups is 1. The topological polar surface area (TPSA) is 107 Å². The number of carbonyl (C=O) groups excluding carboxylic acids is 1. The zero-order valence-electron chi connectivity index (χ0n) is 16.9. The quantitative estimate of drug-likeness (QED) is 0.303. The molecular formula is C21H40O6. The molecule has 0 aromatic rings. The van der Waals surface area contributed by atoms with Crippen molar-refractivity contribution in [2.24, 2.45) is 0 Å². The monoisotopic (exact) mass is 388 g/mol. The van der Waals surface area contributed by atoms with Crippen LogP contribution in [0.4, 0.5) is 0 Å². The Morgan fingerprint density at radius 2 is 1.37 bits per heavy atom. The van der Waals surface area contributed by atoms with E-state index < -0.39 is 30.7 Å². The highest BCUT2D eigenvalue weighted by atomic mass is 16.7. The third-order valence-corrected chi connectivity index (χ3v) is 5.46. The summed E-state index contributed by atoms with van der Waals surface area (Å²) in [4.78, 5) is 12.0. The molecule has 27 heavy (non-hydrogen) atoms. The van der Waals surface area contributed by atoms with Crippen LogP contribution in [0.1, 0.15) is 96.8 Å². The number of ketones is 1. The summed E-state index contributed by atoms with van der Waals surface area (Å²) < 4.78 is 5.09. The van der Waals surface area contributed by atoms with E-state index in [2.05, 4.69) is 6.92 Å². The SMILES string of the molecule is CCCCCCCCCCCCCCC(=O)C[C@@]1(O)O[C@H](CO)[C@H](O)[C@H]1O. The normalized spacial score (nSPS) is 28.0. The van der Waals surface area contributed by atoms with Gasteiger partial charge >= 0.3 is 0 Å². The molecule has 1 aliphatic rings. The van der Waals surface area contributed by atoms with E-state index in [1.807, 2.05) is 0 Å². The Morgan fingerprint density at radius 1 is 0.889 bits per heavy atom. The van der Waals surface area contributed by atoms with E-state index >= 15 is 0 Å². The zero-order chi connectivity index (χ0) is 20.1. The zero-order valence-corrected chi connectivity index (χ0v) is 16.9. The van der Waals surface area contributed by atoms with Crippen molar-refractivity contribution in [3.05, 3.63) is 0 Å². The van der Waals surface area contributed by atoms with Gasteiger partial charge in [0.15, 0.2) is 0 Å². The first-order valence-electron chi connectivity index (χ1n) is 10.8. The molecule has 1 saturated heterocycles. The molecule has 0 spiro atoms. The lowest BCUT2D eigenvalue weighted by Gasteiger charge is -2.25. The van der Waals surface area contributed by atoms with Gasteiger partial charge in [0.1, 0.15) is 24.1 Å². The molecule has 0 bridgehead atoms. The van der Waals surface area contributed by atoms with Crippen molar-refractivity contribution in [3.8, 4) is 0 Å². The van der Waals surface area contributed by atoms with Gasteiger partial charge < -0.3 is 25.2 Å². The van der Waals surface area contributed by atoms with Crippen molar-refractivity contribution < 1.29 is 30.0 Å². The molecule has 1 heterocycles. The number of Topliss-reactive ketones (excluding diaryl/α,β-unsaturated/α-hetero) is 1. The predicted octanol–water partition coefficient (Wildman–Crippen LogP) is 2.84. The molecule has 0 radical (unpaired) electrons. The maximum Gasteiger partial charge on any atom is 0.202 e. The molecule has 0 amide bonds. The van der Waals surface area contributed by atoms with Gasteiger partial charge in [-0.2, -0.15) is 0 Å². The second-order valence-corrected chi connectivity index (χ2v) is 7.97. The van der Waals surface area contributed by atoms with Crippen LogP contribution in [-0.4, -0.2) is 56.9 Å². The van der Waals surface area contributed by atoms with Crippen molar-refractivity contribution in [1.82, 2.24) is 0 Å². The summed E-state index contributed by atoms with van der Waals surface area (Å²) in [5, 5.41) is 38.8. The first-order chi connectivity index (χ1) is 12.9. The Balaban J connectivity index is 2.02. The van der Waals surface area contributed by atoms with E-state index in [1.54, 1.807) is 0 Å². The number of ether oxygens (including phenoxy) is 1. The third kappa shape index (κ3) is 9.01. The van der Waals surface area contributed by atoms with Gasteiger partial charge in [-0.1, -0.05) is 77.6 Å². The van der Waals surface area contributed by atoms with Gasteiger partial charge in [-0.25, -0.2) is 0 Å². The minimum atomic E-state index is -2.10. The summed E-state index contributed by atoms with van der Waals surface area (Å²) in [6.07, 6.45) is 10.5. The number of unbranched alkanes of at least 4 members (excludes halogenated alkanes) is 11. The van der Waals surface area contributed by atoms with E-state index in [1.165, 1.54) is 57.8 Å². The minimum Gasteiger partial charge on any atom is -0.394 e. The molecule has 1 rings (SSSR count). The van der Waals surface area contributed by atoms with Gasteiger partial charge in [-0.15, -0.1) is 0 Å². The van der Waals surface area contributed by atoms with Gasteiger partial charge in [0, 0.05) is 6.42 Å². The lowest BCUT2D eigenvalue weighted by molar-refractivity contribution is -0.231. The second-order valence-electron chi connectivity index (χ2n) is 7.97. The smallest absolute Gasteiger partial charge is 0.202 e. The molecule has 4 N–H and O–H groups in total. The molecule has 1 aliphatic heterocycles. The number of hydrogen-bond donors (Lipinski definition) is 4. The van der Waals surface area contributed by atoms with E-state index in [9.17, 15) is 20.1 Å². The molecular weight excluding hydrogens is 348 g/mol. The Bertz CT molecular complexity index is 402. The molecule has 1 fully saturated rings. The Kier molecular flexibility index (Phi) is 12.4. The average molecular weight is 389 g/mol. The standard InChI is InChI=1S/C21H40O6/c1-2-3-4-5-6-7-8-9-10-11-12-13-14-17(23)15-21(26)20(25)19(24)18(16-22)27-21/h18-20,22,24-26H,2-16H2,1H3/t18-,19+,20-,21-/m1/s1. The summed E-state index contributed by atoms with van der Waals surface area (Å²) >= 11 is 0. The summed E-state index contributed by atoms with van der Waals surface area (Å²) in [5.41, 5.74) is 0. The van der Waals surface area contributed by atoms with Crippen LogP contribution in [0.5, 0.6) is 0 Å². The van der Waals surface area contributed by atoms with Crippen LogP contribution in [0, 0.1) is 0 Å². The predicted molar refractivity (Wildman–Crippen MR) is 104 cm³/mol. The fourth-order valence-corrected chi connectivity index (χ4v) is 3.70. The van der Waals surface area contributed by atoms with Gasteiger partial charge in [-0.3, -0.25) is 4.79 Å². The maximum absolute atomic E-state index is 12.0. The fraction of sp³-hybridized carbons (Fsp3) is 0.952. The van der Waals surface area contributed by atoms with Crippen LogP contribution >= 0.6 is 0 Å². The highest BCUT2D eigenvalue weighted by Gasteiger charge is 2.53. The highest BCUT2D eigenvalue weighted by molar-refractivity contribution is 5.79. The van der Waals surface area contributed by atoms with Crippen LogP contribution in [0.3, 0.4) is 0 Å². The number of aliphatic hydroxyl groups is 4. The molecule has 6 heteroatoms. The molecule has 0 unspecified atom stereocenters. The van der Waals surface area contributed by atoms with Gasteiger partial charge in [0.25, 0.3) is 0 Å². The van der Waals surface area contributed by atoms with Crippen LogP contribution in [0.25, 0.3) is 0 Å². The Hall–Kier alpha value is -0.530. The second kappa shape index (κ2) is 13.6. The van der Waals surface area contributed by atoms with Crippen LogP contribution in [0.15, 0.2) is 0 Å². The van der Waals surface area contributed by atoms with Crippen LogP contribution < -0.4 is 0 Å². The van der Waals surface area contributed by atoms with Crippen molar-refractivity contribution in [3.63, 3.8) is 0 Å². The summed E-state index contributed by atoms with van der Waals surface area (Å²) in [6.45, 7) is 1.71. The minimum absolute atomic E-state index is 0.200. The maximum atomic E-state index is 12.0. The van der Waals surface area contributed by atoms with Crippen molar-refractivity contribution in [2.45, 2.75) is 121 Å². The Labute approximate surface area is 163 Å². The molecule has 0 aliphatic carbocycles. The summed E-state index contributed by atoms with van der Waals surface area (Å²) in [5.74, 6) is -2.30. The van der Waals surface area contributed by atoms with Gasteiger partial charge in [-0.05, 0) is 6.42 Å². The highest BCUT2D eigenvalue weighted by Crippen LogP contribution is 2.32. The van der Waals surface area contributed by atoms with Crippen molar-refractivity contribution in [1.29, 1.82) is 0 Å². The Morgan fingerprint density at radius 3 is 1.81 bits per heavy atom. The van der Waals surface area contributed by atoms with Crippen molar-refractivity contribution >= 4 is 5.78 Å². The van der Waals surface area contributed by atoms with E-state index in [0.29, 0.717) is 6.42 Å².